The lowest BCUT2D eigenvalue weighted by molar-refractivity contribution is 0.0749. The van der Waals surface area contributed by atoms with Crippen molar-refractivity contribution >= 4 is 5.91 Å². The molecule has 7 heteroatoms. The zero-order valence-electron chi connectivity index (χ0n) is 20.2. The molecule has 0 saturated heterocycles. The Kier molecular flexibility index (Phi) is 6.91. The van der Waals surface area contributed by atoms with E-state index >= 15 is 0 Å². The third-order valence-corrected chi connectivity index (χ3v) is 6.64. The molecule has 1 aliphatic heterocycles. The van der Waals surface area contributed by atoms with Crippen LogP contribution >= 0.6 is 0 Å². The lowest BCUT2D eigenvalue weighted by Crippen LogP contribution is -2.33. The van der Waals surface area contributed by atoms with Crippen LogP contribution in [0, 0.1) is 11.6 Å². The minimum atomic E-state index is -0.375. The molecule has 1 aromatic heterocycles. The van der Waals surface area contributed by atoms with Crippen LogP contribution in [0.3, 0.4) is 0 Å². The molecule has 5 rings (SSSR count). The van der Waals surface area contributed by atoms with Crippen LogP contribution in [-0.2, 0) is 26.1 Å². The predicted octanol–water partition coefficient (Wildman–Crippen LogP) is 5.37. The Morgan fingerprint density at radius 1 is 0.944 bits per heavy atom. The van der Waals surface area contributed by atoms with Gasteiger partial charge in [-0.25, -0.2) is 13.5 Å². The first kappa shape index (κ1) is 23.9. The molecule has 3 aromatic carbocycles. The van der Waals surface area contributed by atoms with Gasteiger partial charge in [-0.2, -0.15) is 5.10 Å². The molecule has 0 bridgehead atoms. The van der Waals surface area contributed by atoms with E-state index in [0.29, 0.717) is 25.2 Å². The summed E-state index contributed by atoms with van der Waals surface area (Å²) in [6.07, 6.45) is 0.796. The first-order valence-electron chi connectivity index (χ1n) is 12.2. The number of halogens is 2. The number of carbonyl (C=O) groups is 1. The monoisotopic (exact) mass is 486 g/mol. The third-order valence-electron chi connectivity index (χ3n) is 6.64. The van der Waals surface area contributed by atoms with Gasteiger partial charge in [-0.05, 0) is 61.0 Å². The smallest absolute Gasteiger partial charge is 0.254 e. The van der Waals surface area contributed by atoms with E-state index in [1.165, 1.54) is 42.0 Å². The number of hydrogen-bond donors (Lipinski definition) is 0. The summed E-state index contributed by atoms with van der Waals surface area (Å²) in [6, 6.07) is 22.3. The maximum atomic E-state index is 13.6. The molecule has 4 aromatic rings. The topological polar surface area (TPSA) is 41.4 Å². The maximum absolute atomic E-state index is 13.6. The fourth-order valence-electron chi connectivity index (χ4n) is 4.72. The summed E-state index contributed by atoms with van der Waals surface area (Å²) < 4.78 is 28.9. The number of aromatic nitrogens is 2. The van der Waals surface area contributed by atoms with Crippen molar-refractivity contribution in [1.29, 1.82) is 0 Å². The van der Waals surface area contributed by atoms with E-state index in [0.717, 1.165) is 42.1 Å². The van der Waals surface area contributed by atoms with Gasteiger partial charge < -0.3 is 4.90 Å². The molecular weight excluding hydrogens is 458 g/mol. The molecule has 184 valence electrons. The van der Waals surface area contributed by atoms with Gasteiger partial charge in [0.05, 0.1) is 23.6 Å². The van der Waals surface area contributed by atoms with Gasteiger partial charge in [0.1, 0.15) is 11.6 Å². The van der Waals surface area contributed by atoms with Crippen molar-refractivity contribution in [2.45, 2.75) is 33.0 Å². The highest BCUT2D eigenvalue weighted by molar-refractivity contribution is 5.94. The molecule has 0 unspecified atom stereocenters. The second-order valence-electron chi connectivity index (χ2n) is 9.03. The molecule has 0 fully saturated rings. The quantitative estimate of drug-likeness (QED) is 0.353. The number of benzene rings is 3. The van der Waals surface area contributed by atoms with E-state index in [-0.39, 0.29) is 17.5 Å². The summed E-state index contributed by atoms with van der Waals surface area (Å²) >= 11 is 0. The van der Waals surface area contributed by atoms with Crippen LogP contribution in [0.4, 0.5) is 8.78 Å². The minimum Gasteiger partial charge on any atom is -0.333 e. The highest BCUT2D eigenvalue weighted by atomic mass is 19.1. The number of nitrogens with zero attached hydrogens (tertiary/aromatic N) is 4. The normalized spacial score (nSPS) is 13.4. The van der Waals surface area contributed by atoms with Gasteiger partial charge in [0.2, 0.25) is 0 Å². The predicted molar refractivity (Wildman–Crippen MR) is 135 cm³/mol. The number of amides is 1. The number of carbonyl (C=O) groups excluding carboxylic acids is 1. The SMILES string of the molecule is CCN(Cc1nn(-c2ccc(F)cc2)c2c1CN(Cc1ccccc1)CC2)C(=O)c1ccc(F)cc1. The Morgan fingerprint density at radius 3 is 2.28 bits per heavy atom. The average molecular weight is 487 g/mol. The summed E-state index contributed by atoms with van der Waals surface area (Å²) in [4.78, 5) is 17.3. The van der Waals surface area contributed by atoms with E-state index in [4.69, 9.17) is 5.10 Å². The first-order chi connectivity index (χ1) is 17.5. The molecule has 5 nitrogen and oxygen atoms in total. The number of rotatable bonds is 7. The van der Waals surface area contributed by atoms with Crippen LogP contribution in [-0.4, -0.2) is 38.6 Å². The van der Waals surface area contributed by atoms with Crippen molar-refractivity contribution in [1.82, 2.24) is 19.6 Å². The molecule has 2 heterocycles. The van der Waals surface area contributed by atoms with E-state index in [9.17, 15) is 13.6 Å². The van der Waals surface area contributed by atoms with Crippen molar-refractivity contribution in [2.24, 2.45) is 0 Å². The molecule has 0 spiro atoms. The van der Waals surface area contributed by atoms with Crippen molar-refractivity contribution < 1.29 is 13.6 Å². The molecule has 0 saturated carbocycles. The van der Waals surface area contributed by atoms with Crippen LogP contribution in [0.1, 0.15) is 39.8 Å². The largest absolute Gasteiger partial charge is 0.333 e. The average Bonchev–Trinajstić information content (AvgIpc) is 3.26. The first-order valence-corrected chi connectivity index (χ1v) is 12.2. The Bertz CT molecular complexity index is 1330. The van der Waals surface area contributed by atoms with E-state index in [1.54, 1.807) is 17.0 Å². The van der Waals surface area contributed by atoms with Crippen molar-refractivity contribution in [3.05, 3.63) is 119 Å². The summed E-state index contributed by atoms with van der Waals surface area (Å²) in [5, 5.41) is 4.92. The fourth-order valence-corrected chi connectivity index (χ4v) is 4.72. The summed E-state index contributed by atoms with van der Waals surface area (Å²) in [5.74, 6) is -0.837. The van der Waals surface area contributed by atoms with Gasteiger partial charge in [-0.1, -0.05) is 30.3 Å². The van der Waals surface area contributed by atoms with Crippen LogP contribution < -0.4 is 0 Å². The van der Waals surface area contributed by atoms with E-state index in [2.05, 4.69) is 17.0 Å². The summed E-state index contributed by atoms with van der Waals surface area (Å²) in [5.41, 5.74) is 5.50. The lowest BCUT2D eigenvalue weighted by atomic mass is 10.0. The van der Waals surface area contributed by atoms with Gasteiger partial charge in [0.15, 0.2) is 0 Å². The van der Waals surface area contributed by atoms with Gasteiger partial charge in [0.25, 0.3) is 5.91 Å². The molecule has 0 N–H and O–H groups in total. The van der Waals surface area contributed by atoms with Crippen molar-refractivity contribution in [3.8, 4) is 5.69 Å². The second kappa shape index (κ2) is 10.4. The summed E-state index contributed by atoms with van der Waals surface area (Å²) in [7, 11) is 0. The minimum absolute atomic E-state index is 0.167. The molecular formula is C29H28F2N4O. The van der Waals surface area contributed by atoms with Gasteiger partial charge in [-0.3, -0.25) is 9.69 Å². The molecule has 0 aliphatic carbocycles. The number of hydrogen-bond acceptors (Lipinski definition) is 3. The molecule has 0 radical (unpaired) electrons. The molecule has 0 atom stereocenters. The number of fused-ring (bicyclic) bond motifs is 1. The van der Waals surface area contributed by atoms with Crippen LogP contribution in [0.5, 0.6) is 0 Å². The van der Waals surface area contributed by atoms with Gasteiger partial charge in [-0.15, -0.1) is 0 Å². The Morgan fingerprint density at radius 2 is 1.61 bits per heavy atom. The zero-order valence-corrected chi connectivity index (χ0v) is 20.2. The van der Waals surface area contributed by atoms with E-state index in [1.807, 2.05) is 29.8 Å². The van der Waals surface area contributed by atoms with Crippen molar-refractivity contribution in [3.63, 3.8) is 0 Å². The van der Waals surface area contributed by atoms with Gasteiger partial charge in [0, 0.05) is 43.7 Å². The van der Waals surface area contributed by atoms with Crippen LogP contribution in [0.2, 0.25) is 0 Å². The van der Waals surface area contributed by atoms with Gasteiger partial charge >= 0.3 is 0 Å². The highest BCUT2D eigenvalue weighted by Crippen LogP contribution is 2.28. The Labute approximate surface area is 209 Å². The Hall–Kier alpha value is -3.84. The summed E-state index contributed by atoms with van der Waals surface area (Å²) in [6.45, 7) is 5.16. The third kappa shape index (κ3) is 5.06. The molecule has 1 amide bonds. The molecule has 1 aliphatic rings. The zero-order chi connectivity index (χ0) is 25.1. The molecule has 36 heavy (non-hydrogen) atoms. The van der Waals surface area contributed by atoms with Crippen LogP contribution in [0.15, 0.2) is 78.9 Å². The second-order valence-corrected chi connectivity index (χ2v) is 9.03. The standard InChI is InChI=1S/C29H28F2N4O/c1-2-34(29(36)22-8-10-23(30)11-9-22)20-27-26-19-33(18-21-6-4-3-5-7-21)17-16-28(26)35(32-27)25-14-12-24(31)13-15-25/h3-15H,2,16-20H2,1H3. The lowest BCUT2D eigenvalue weighted by Gasteiger charge is -2.28. The van der Waals surface area contributed by atoms with Crippen LogP contribution in [0.25, 0.3) is 5.69 Å². The highest BCUT2D eigenvalue weighted by Gasteiger charge is 2.27. The fraction of sp³-hybridized carbons (Fsp3) is 0.241. The maximum Gasteiger partial charge on any atom is 0.254 e. The van der Waals surface area contributed by atoms with Crippen molar-refractivity contribution in [2.75, 3.05) is 13.1 Å². The Balaban J connectivity index is 1.47. The van der Waals surface area contributed by atoms with E-state index < -0.39 is 0 Å².